The fourth-order valence-electron chi connectivity index (χ4n) is 2.86. The second-order valence-corrected chi connectivity index (χ2v) is 11.7. The second kappa shape index (κ2) is 6.54. The Bertz CT molecular complexity index is 550. The molecule has 21 heavy (non-hydrogen) atoms. The molecule has 0 radical (unpaired) electrons. The van der Waals surface area contributed by atoms with Gasteiger partial charge in [0.2, 0.25) is 0 Å². The van der Waals surface area contributed by atoms with Gasteiger partial charge in [0.15, 0.2) is 19.7 Å². The van der Waals surface area contributed by atoms with Crippen molar-refractivity contribution in [2.24, 2.45) is 11.8 Å². The Kier molecular flexibility index (Phi) is 5.36. The average molecular weight is 338 g/mol. The van der Waals surface area contributed by atoms with E-state index < -0.39 is 19.7 Å². The van der Waals surface area contributed by atoms with E-state index in [-0.39, 0.29) is 34.3 Å². The number of hydrogen-bond acceptors (Lipinski definition) is 5. The molecule has 124 valence electrons. The standard InChI is InChI=1S/C14H27NO4S2/c1-11(2)21(18,19)8-6-12(9-15-14-3-4-14)13-5-7-20(16,17)10-13/h11-15H,3-10H2,1-2H3. The van der Waals surface area contributed by atoms with Crippen molar-refractivity contribution >= 4 is 19.7 Å². The molecule has 0 bridgehead atoms. The predicted molar refractivity (Wildman–Crippen MR) is 84.8 cm³/mol. The highest BCUT2D eigenvalue weighted by molar-refractivity contribution is 7.92. The molecule has 1 saturated carbocycles. The van der Waals surface area contributed by atoms with Crippen LogP contribution in [0.25, 0.3) is 0 Å². The third-order valence-electron chi connectivity index (χ3n) is 4.67. The van der Waals surface area contributed by atoms with E-state index in [2.05, 4.69) is 5.32 Å². The summed E-state index contributed by atoms with van der Waals surface area (Å²) in [6.07, 6.45) is 3.61. The molecule has 1 aliphatic heterocycles. The van der Waals surface area contributed by atoms with Crippen LogP contribution in [0.15, 0.2) is 0 Å². The Labute approximate surface area is 128 Å². The van der Waals surface area contributed by atoms with Gasteiger partial charge in [-0.3, -0.25) is 0 Å². The molecule has 0 aromatic carbocycles. The normalized spacial score (nSPS) is 27.1. The zero-order valence-corrected chi connectivity index (χ0v) is 14.5. The molecule has 5 nitrogen and oxygen atoms in total. The maximum atomic E-state index is 12.0. The summed E-state index contributed by atoms with van der Waals surface area (Å²) in [7, 11) is -5.96. The van der Waals surface area contributed by atoms with E-state index in [0.29, 0.717) is 18.9 Å². The van der Waals surface area contributed by atoms with E-state index in [1.807, 2.05) is 0 Å². The van der Waals surface area contributed by atoms with E-state index in [4.69, 9.17) is 0 Å². The number of hydrogen-bond donors (Lipinski definition) is 1. The van der Waals surface area contributed by atoms with Crippen LogP contribution >= 0.6 is 0 Å². The Morgan fingerprint density at radius 1 is 1.19 bits per heavy atom. The molecule has 1 N–H and O–H groups in total. The molecule has 2 unspecified atom stereocenters. The zero-order valence-electron chi connectivity index (χ0n) is 12.9. The Morgan fingerprint density at radius 3 is 2.33 bits per heavy atom. The fourth-order valence-corrected chi connectivity index (χ4v) is 5.88. The summed E-state index contributed by atoms with van der Waals surface area (Å²) in [4.78, 5) is 0. The summed E-state index contributed by atoms with van der Waals surface area (Å²) in [5, 5.41) is 3.08. The lowest BCUT2D eigenvalue weighted by atomic mass is 9.89. The first-order chi connectivity index (χ1) is 9.70. The first-order valence-corrected chi connectivity index (χ1v) is 11.4. The van der Waals surface area contributed by atoms with Crippen LogP contribution in [0.4, 0.5) is 0 Å². The summed E-state index contributed by atoms with van der Waals surface area (Å²) in [6.45, 7) is 4.15. The first-order valence-electron chi connectivity index (χ1n) is 7.85. The second-order valence-electron chi connectivity index (χ2n) is 6.81. The number of rotatable bonds is 8. The maximum Gasteiger partial charge on any atom is 0.152 e. The average Bonchev–Trinajstić information content (AvgIpc) is 3.12. The van der Waals surface area contributed by atoms with Crippen LogP contribution in [0.1, 0.15) is 39.5 Å². The fraction of sp³-hybridized carbons (Fsp3) is 1.00. The summed E-state index contributed by atoms with van der Waals surface area (Å²) >= 11 is 0. The van der Waals surface area contributed by atoms with E-state index in [1.165, 1.54) is 12.8 Å². The Hall–Kier alpha value is -0.140. The third-order valence-corrected chi connectivity index (χ3v) is 8.71. The monoisotopic (exact) mass is 337 g/mol. The minimum atomic E-state index is -3.05. The molecule has 2 fully saturated rings. The van der Waals surface area contributed by atoms with Gasteiger partial charge in [-0.05, 0) is 57.9 Å². The minimum Gasteiger partial charge on any atom is -0.314 e. The van der Waals surface area contributed by atoms with Crippen molar-refractivity contribution in [3.8, 4) is 0 Å². The molecular formula is C14H27NO4S2. The minimum absolute atomic E-state index is 0.114. The molecule has 0 aromatic rings. The highest BCUT2D eigenvalue weighted by Gasteiger charge is 2.35. The Morgan fingerprint density at radius 2 is 1.86 bits per heavy atom. The lowest BCUT2D eigenvalue weighted by Gasteiger charge is -2.23. The van der Waals surface area contributed by atoms with E-state index >= 15 is 0 Å². The van der Waals surface area contributed by atoms with Gasteiger partial charge in [0, 0.05) is 6.04 Å². The number of sulfone groups is 2. The highest BCUT2D eigenvalue weighted by Crippen LogP contribution is 2.29. The van der Waals surface area contributed by atoms with E-state index in [0.717, 1.165) is 6.54 Å². The van der Waals surface area contributed by atoms with Crippen LogP contribution in [0.5, 0.6) is 0 Å². The van der Waals surface area contributed by atoms with Crippen molar-refractivity contribution < 1.29 is 16.8 Å². The van der Waals surface area contributed by atoms with Gasteiger partial charge in [0.1, 0.15) is 0 Å². The van der Waals surface area contributed by atoms with Crippen molar-refractivity contribution in [3.05, 3.63) is 0 Å². The molecule has 0 spiro atoms. The van der Waals surface area contributed by atoms with Crippen LogP contribution in [-0.4, -0.2) is 51.9 Å². The largest absolute Gasteiger partial charge is 0.314 e. The lowest BCUT2D eigenvalue weighted by Crippen LogP contribution is -2.32. The van der Waals surface area contributed by atoms with Gasteiger partial charge < -0.3 is 5.32 Å². The highest BCUT2D eigenvalue weighted by atomic mass is 32.2. The molecule has 2 atom stereocenters. The topological polar surface area (TPSA) is 80.3 Å². The van der Waals surface area contributed by atoms with E-state index in [1.54, 1.807) is 13.8 Å². The maximum absolute atomic E-state index is 12.0. The first kappa shape index (κ1) is 17.2. The van der Waals surface area contributed by atoms with Crippen molar-refractivity contribution in [3.63, 3.8) is 0 Å². The Balaban J connectivity index is 1.95. The number of nitrogens with one attached hydrogen (secondary N) is 1. The molecule has 2 aliphatic rings. The van der Waals surface area contributed by atoms with Crippen molar-refractivity contribution in [1.29, 1.82) is 0 Å². The van der Waals surface area contributed by atoms with E-state index in [9.17, 15) is 16.8 Å². The van der Waals surface area contributed by atoms with Gasteiger partial charge >= 0.3 is 0 Å². The van der Waals surface area contributed by atoms with Gasteiger partial charge in [-0.25, -0.2) is 16.8 Å². The van der Waals surface area contributed by atoms with Crippen LogP contribution in [-0.2, 0) is 19.7 Å². The lowest BCUT2D eigenvalue weighted by molar-refractivity contribution is 0.335. The predicted octanol–water partition coefficient (Wildman–Crippen LogP) is 1.00. The van der Waals surface area contributed by atoms with Crippen LogP contribution < -0.4 is 5.32 Å². The van der Waals surface area contributed by atoms with Gasteiger partial charge in [-0.1, -0.05) is 0 Å². The molecular weight excluding hydrogens is 310 g/mol. The van der Waals surface area contributed by atoms with Crippen molar-refractivity contribution in [1.82, 2.24) is 5.32 Å². The summed E-state index contributed by atoms with van der Waals surface area (Å²) in [6, 6.07) is 0.562. The molecule has 1 saturated heterocycles. The third kappa shape index (κ3) is 5.21. The van der Waals surface area contributed by atoms with Crippen LogP contribution in [0.3, 0.4) is 0 Å². The molecule has 1 aliphatic carbocycles. The summed E-state index contributed by atoms with van der Waals surface area (Å²) < 4.78 is 47.3. The smallest absolute Gasteiger partial charge is 0.152 e. The van der Waals surface area contributed by atoms with Gasteiger partial charge in [0.05, 0.1) is 22.5 Å². The molecule has 7 heteroatoms. The quantitative estimate of drug-likeness (QED) is 0.715. The van der Waals surface area contributed by atoms with Crippen molar-refractivity contribution in [2.75, 3.05) is 23.8 Å². The van der Waals surface area contributed by atoms with Gasteiger partial charge in [-0.15, -0.1) is 0 Å². The van der Waals surface area contributed by atoms with Crippen LogP contribution in [0.2, 0.25) is 0 Å². The van der Waals surface area contributed by atoms with Crippen molar-refractivity contribution in [2.45, 2.75) is 50.8 Å². The molecule has 1 heterocycles. The zero-order chi connectivity index (χ0) is 15.7. The molecule has 0 aromatic heterocycles. The summed E-state index contributed by atoms with van der Waals surface area (Å²) in [5.41, 5.74) is 0. The molecule has 0 amide bonds. The van der Waals surface area contributed by atoms with Gasteiger partial charge in [-0.2, -0.15) is 0 Å². The summed E-state index contributed by atoms with van der Waals surface area (Å²) in [5.74, 6) is 0.915. The molecule has 2 rings (SSSR count). The SMILES string of the molecule is CC(C)S(=O)(=O)CCC(CNC1CC1)C1CCS(=O)(=O)C1. The van der Waals surface area contributed by atoms with Crippen LogP contribution in [0, 0.1) is 11.8 Å². The van der Waals surface area contributed by atoms with Gasteiger partial charge in [0.25, 0.3) is 0 Å².